The Kier molecular flexibility index (Phi) is 4.59. The molecule has 94 valence electrons. The zero-order chi connectivity index (χ0) is 12.8. The zero-order valence-corrected chi connectivity index (χ0v) is 11.5. The third kappa shape index (κ3) is 3.23. The molecule has 1 aromatic carbocycles. The molecule has 0 fully saturated rings. The average molecular weight is 259 g/mol. The molecule has 0 aliphatic heterocycles. The summed E-state index contributed by atoms with van der Waals surface area (Å²) < 4.78 is 0. The van der Waals surface area contributed by atoms with Gasteiger partial charge in [-0.15, -0.1) is 0 Å². The van der Waals surface area contributed by atoms with Crippen LogP contribution in [0, 0.1) is 0 Å². The lowest BCUT2D eigenvalue weighted by atomic mass is 10.1. The Bertz CT molecular complexity index is 500. The van der Waals surface area contributed by atoms with Gasteiger partial charge < -0.3 is 5.32 Å². The highest BCUT2D eigenvalue weighted by molar-refractivity contribution is 7.98. The molecule has 4 heteroatoms. The van der Waals surface area contributed by atoms with E-state index in [2.05, 4.69) is 34.3 Å². The topological polar surface area (TPSA) is 37.8 Å². The summed E-state index contributed by atoms with van der Waals surface area (Å²) in [5.74, 6) is 3.68. The van der Waals surface area contributed by atoms with E-state index in [1.165, 1.54) is 0 Å². The van der Waals surface area contributed by atoms with Gasteiger partial charge >= 0.3 is 0 Å². The number of hydrogen-bond acceptors (Lipinski definition) is 4. The molecule has 0 bridgehead atoms. The molecule has 0 radical (unpaired) electrons. The Morgan fingerprint density at radius 3 is 2.61 bits per heavy atom. The number of aromatic nitrogens is 2. The summed E-state index contributed by atoms with van der Waals surface area (Å²) in [4.78, 5) is 9.09. The van der Waals surface area contributed by atoms with Crippen molar-refractivity contribution < 1.29 is 0 Å². The predicted octanol–water partition coefficient (Wildman–Crippen LogP) is 3.44. The van der Waals surface area contributed by atoms with Gasteiger partial charge in [0.1, 0.15) is 11.6 Å². The number of rotatable bonds is 5. The number of thioether (sulfide) groups is 1. The van der Waals surface area contributed by atoms with Crippen molar-refractivity contribution in [3.05, 3.63) is 42.2 Å². The molecular formula is C14H17N3S. The second kappa shape index (κ2) is 6.40. The van der Waals surface area contributed by atoms with Gasteiger partial charge in [0.05, 0.1) is 11.4 Å². The lowest BCUT2D eigenvalue weighted by Gasteiger charge is -2.07. The van der Waals surface area contributed by atoms with Crippen molar-refractivity contribution in [2.45, 2.75) is 12.7 Å². The molecule has 0 spiro atoms. The van der Waals surface area contributed by atoms with Gasteiger partial charge in [-0.1, -0.05) is 37.3 Å². The quantitative estimate of drug-likeness (QED) is 0.892. The summed E-state index contributed by atoms with van der Waals surface area (Å²) in [6.45, 7) is 2.14. The van der Waals surface area contributed by atoms with Crippen molar-refractivity contribution >= 4 is 17.6 Å². The van der Waals surface area contributed by atoms with Crippen LogP contribution in [0.4, 0.5) is 5.82 Å². The van der Waals surface area contributed by atoms with Gasteiger partial charge in [0, 0.05) is 18.7 Å². The summed E-state index contributed by atoms with van der Waals surface area (Å²) in [5, 5.41) is 3.09. The maximum absolute atomic E-state index is 4.62. The van der Waals surface area contributed by atoms with E-state index in [0.29, 0.717) is 0 Å². The van der Waals surface area contributed by atoms with Gasteiger partial charge in [-0.3, -0.25) is 0 Å². The predicted molar refractivity (Wildman–Crippen MR) is 78.9 cm³/mol. The van der Waals surface area contributed by atoms with Gasteiger partial charge in [0.15, 0.2) is 0 Å². The Balaban J connectivity index is 2.35. The molecule has 0 saturated heterocycles. The van der Waals surface area contributed by atoms with E-state index >= 15 is 0 Å². The van der Waals surface area contributed by atoms with Gasteiger partial charge in [-0.2, -0.15) is 11.8 Å². The first-order valence-corrected chi connectivity index (χ1v) is 7.18. The van der Waals surface area contributed by atoms with Crippen LogP contribution in [0.15, 0.2) is 36.4 Å². The first-order valence-electron chi connectivity index (χ1n) is 6.02. The number of hydrogen-bond donors (Lipinski definition) is 1. The van der Waals surface area contributed by atoms with Gasteiger partial charge in [0.2, 0.25) is 0 Å². The van der Waals surface area contributed by atoms with Gasteiger partial charge in [-0.05, 0) is 5.75 Å². The highest BCUT2D eigenvalue weighted by atomic mass is 32.2. The third-order valence-electron chi connectivity index (χ3n) is 2.53. The van der Waals surface area contributed by atoms with Crippen LogP contribution in [0.2, 0.25) is 0 Å². The number of nitrogens with one attached hydrogen (secondary N) is 1. The summed E-state index contributed by atoms with van der Waals surface area (Å²) in [6.07, 6.45) is 0. The van der Waals surface area contributed by atoms with E-state index in [4.69, 9.17) is 0 Å². The molecule has 0 amide bonds. The highest BCUT2D eigenvalue weighted by Gasteiger charge is 2.05. The molecule has 0 atom stereocenters. The number of nitrogens with zero attached hydrogens (tertiary/aromatic N) is 2. The van der Waals surface area contributed by atoms with Crippen LogP contribution in [-0.4, -0.2) is 22.8 Å². The van der Waals surface area contributed by atoms with E-state index < -0.39 is 0 Å². The first-order chi connectivity index (χ1) is 8.83. The Morgan fingerprint density at radius 2 is 1.94 bits per heavy atom. The fourth-order valence-electron chi connectivity index (χ4n) is 1.64. The zero-order valence-electron chi connectivity index (χ0n) is 10.7. The molecule has 0 aliphatic carbocycles. The molecule has 0 aliphatic rings. The molecule has 2 rings (SSSR count). The molecule has 1 aromatic heterocycles. The summed E-state index contributed by atoms with van der Waals surface area (Å²) in [7, 11) is 1.88. The first kappa shape index (κ1) is 12.9. The standard InChI is InChI=1S/C14H17N3S/c1-3-18-10-14-16-12(9-13(15-2)17-14)11-7-5-4-6-8-11/h4-9H,3,10H2,1-2H3,(H,15,16,17). The fraction of sp³-hybridized carbons (Fsp3) is 0.286. The minimum atomic E-state index is 0.853. The molecule has 18 heavy (non-hydrogen) atoms. The van der Waals surface area contributed by atoms with Crippen LogP contribution < -0.4 is 5.32 Å². The minimum Gasteiger partial charge on any atom is -0.373 e. The molecule has 1 N–H and O–H groups in total. The second-order valence-corrected chi connectivity index (χ2v) is 5.08. The summed E-state index contributed by atoms with van der Waals surface area (Å²) >= 11 is 1.83. The number of benzene rings is 1. The maximum Gasteiger partial charge on any atom is 0.141 e. The smallest absolute Gasteiger partial charge is 0.141 e. The lowest BCUT2D eigenvalue weighted by molar-refractivity contribution is 1.04. The molecule has 3 nitrogen and oxygen atoms in total. The van der Waals surface area contributed by atoms with Gasteiger partial charge in [-0.25, -0.2) is 9.97 Å². The van der Waals surface area contributed by atoms with E-state index in [0.717, 1.165) is 34.4 Å². The molecule has 1 heterocycles. The van der Waals surface area contributed by atoms with Crippen molar-refractivity contribution in [2.75, 3.05) is 18.1 Å². The Morgan fingerprint density at radius 1 is 1.17 bits per heavy atom. The molecule has 0 saturated carbocycles. The molecular weight excluding hydrogens is 242 g/mol. The SMILES string of the molecule is CCSCc1nc(NC)cc(-c2ccccc2)n1. The second-order valence-electron chi connectivity index (χ2n) is 3.81. The van der Waals surface area contributed by atoms with E-state index in [1.54, 1.807) is 0 Å². The Hall–Kier alpha value is -1.55. The largest absolute Gasteiger partial charge is 0.373 e. The van der Waals surface area contributed by atoms with E-state index in [-0.39, 0.29) is 0 Å². The normalized spacial score (nSPS) is 10.3. The Labute approximate surface area is 112 Å². The van der Waals surface area contributed by atoms with Crippen LogP contribution in [0.3, 0.4) is 0 Å². The summed E-state index contributed by atoms with van der Waals surface area (Å²) in [5.41, 5.74) is 2.10. The van der Waals surface area contributed by atoms with Crippen molar-refractivity contribution in [3.63, 3.8) is 0 Å². The van der Waals surface area contributed by atoms with Crippen LogP contribution in [-0.2, 0) is 5.75 Å². The van der Waals surface area contributed by atoms with Crippen molar-refractivity contribution in [1.82, 2.24) is 9.97 Å². The monoisotopic (exact) mass is 259 g/mol. The van der Waals surface area contributed by atoms with E-state index in [9.17, 15) is 0 Å². The van der Waals surface area contributed by atoms with Crippen LogP contribution in [0.25, 0.3) is 11.3 Å². The number of anilines is 1. The highest BCUT2D eigenvalue weighted by Crippen LogP contribution is 2.20. The van der Waals surface area contributed by atoms with Crippen molar-refractivity contribution in [1.29, 1.82) is 0 Å². The van der Waals surface area contributed by atoms with Gasteiger partial charge in [0.25, 0.3) is 0 Å². The lowest BCUT2D eigenvalue weighted by Crippen LogP contribution is -2.01. The third-order valence-corrected chi connectivity index (χ3v) is 3.40. The molecule has 0 unspecified atom stereocenters. The fourth-order valence-corrected chi connectivity index (χ4v) is 2.16. The minimum absolute atomic E-state index is 0.853. The van der Waals surface area contributed by atoms with Crippen molar-refractivity contribution in [2.24, 2.45) is 0 Å². The van der Waals surface area contributed by atoms with Crippen LogP contribution >= 0.6 is 11.8 Å². The van der Waals surface area contributed by atoms with Crippen molar-refractivity contribution in [3.8, 4) is 11.3 Å². The van der Waals surface area contributed by atoms with Crippen LogP contribution in [0.1, 0.15) is 12.7 Å². The average Bonchev–Trinajstić information content (AvgIpc) is 2.45. The van der Waals surface area contributed by atoms with E-state index in [1.807, 2.05) is 43.1 Å². The summed E-state index contributed by atoms with van der Waals surface area (Å²) in [6, 6.07) is 12.2. The van der Waals surface area contributed by atoms with Crippen LogP contribution in [0.5, 0.6) is 0 Å². The maximum atomic E-state index is 4.62. The molecule has 2 aromatic rings.